The maximum absolute atomic E-state index is 13.0. The molecule has 2 aromatic carbocycles. The molecule has 3 heterocycles. The highest BCUT2D eigenvalue weighted by Crippen LogP contribution is 2.33. The molecule has 4 N–H and O–H groups in total. The molecule has 6 rings (SSSR count). The molecule has 0 bridgehead atoms. The molecule has 0 saturated heterocycles. The first-order valence-electron chi connectivity index (χ1n) is 11.6. The molecule has 12 nitrogen and oxygen atoms in total. The number of benzene rings is 2. The van der Waals surface area contributed by atoms with E-state index in [0.29, 0.717) is 11.4 Å². The minimum absolute atomic E-state index is 0.0883. The second-order valence-corrected chi connectivity index (χ2v) is 8.67. The Hall–Kier alpha value is -5.13. The molecule has 0 aliphatic heterocycles. The van der Waals surface area contributed by atoms with E-state index in [1.807, 2.05) is 30.3 Å². The van der Waals surface area contributed by atoms with Crippen molar-refractivity contribution in [3.05, 3.63) is 93.6 Å². The fraction of sp³-hybridized carbons (Fsp3) is 0.160. The van der Waals surface area contributed by atoms with Crippen LogP contribution in [0.15, 0.2) is 64.3 Å². The lowest BCUT2D eigenvalue weighted by Crippen LogP contribution is -2.29. The van der Waals surface area contributed by atoms with Crippen molar-refractivity contribution in [2.75, 3.05) is 0 Å². The highest BCUT2D eigenvalue weighted by molar-refractivity contribution is 5.97. The fourth-order valence-corrected chi connectivity index (χ4v) is 4.45. The van der Waals surface area contributed by atoms with Crippen molar-refractivity contribution in [2.24, 2.45) is 0 Å². The molecule has 0 radical (unpaired) electrons. The number of nitrogens with one attached hydrogen (secondary N) is 4. The molecule has 12 heteroatoms. The Balaban J connectivity index is 1.12. The van der Waals surface area contributed by atoms with Crippen molar-refractivity contribution in [2.45, 2.75) is 25.4 Å². The summed E-state index contributed by atoms with van der Waals surface area (Å²) in [4.78, 5) is 47.7. The van der Waals surface area contributed by atoms with Crippen LogP contribution in [0.3, 0.4) is 0 Å². The van der Waals surface area contributed by atoms with Gasteiger partial charge in [-0.25, -0.2) is 19.9 Å². The normalized spacial score (nSPS) is 14.4. The number of fused-ring (bicyclic) bond motifs is 2. The summed E-state index contributed by atoms with van der Waals surface area (Å²) in [6, 6.07) is 12.4. The first kappa shape index (κ1) is 22.3. The summed E-state index contributed by atoms with van der Waals surface area (Å²) < 4.78 is 5.15. The van der Waals surface area contributed by atoms with Crippen molar-refractivity contribution in [1.29, 1.82) is 0 Å². The van der Waals surface area contributed by atoms with Crippen LogP contribution in [-0.4, -0.2) is 42.1 Å². The molecule has 184 valence electrons. The second kappa shape index (κ2) is 9.15. The van der Waals surface area contributed by atoms with Crippen LogP contribution in [0.25, 0.3) is 22.4 Å². The van der Waals surface area contributed by atoms with E-state index in [4.69, 9.17) is 4.52 Å². The van der Waals surface area contributed by atoms with Crippen LogP contribution in [0.2, 0.25) is 0 Å². The molecule has 0 fully saturated rings. The molecule has 1 aliphatic carbocycles. The number of carbonyl (C=O) groups is 2. The predicted octanol–water partition coefficient (Wildman–Crippen LogP) is 2.04. The molecule has 3 aromatic heterocycles. The van der Waals surface area contributed by atoms with Gasteiger partial charge in [-0.2, -0.15) is 5.10 Å². The lowest BCUT2D eigenvalue weighted by molar-refractivity contribution is 0.0931. The molecule has 37 heavy (non-hydrogen) atoms. The molecule has 1 atom stereocenters. The van der Waals surface area contributed by atoms with Gasteiger partial charge in [-0.3, -0.25) is 14.6 Å². The summed E-state index contributed by atoms with van der Waals surface area (Å²) >= 11 is 0. The van der Waals surface area contributed by atoms with Crippen LogP contribution >= 0.6 is 0 Å². The fourth-order valence-electron chi connectivity index (χ4n) is 4.45. The largest absolute Gasteiger partial charge is 0.356 e. The number of aromatic amines is 2. The van der Waals surface area contributed by atoms with Crippen molar-refractivity contribution in [3.63, 3.8) is 0 Å². The zero-order valence-corrected chi connectivity index (χ0v) is 19.3. The van der Waals surface area contributed by atoms with Crippen molar-refractivity contribution < 1.29 is 14.1 Å². The van der Waals surface area contributed by atoms with E-state index in [9.17, 15) is 14.4 Å². The van der Waals surface area contributed by atoms with E-state index in [0.717, 1.165) is 40.5 Å². The molecular weight excluding hydrogens is 476 g/mol. The standard InChI is InChI=1S/C25H20N8O4/c34-23(26-10-13-1-2-16-11-29-37-21(16)7-13)19-9-20(28-12-27-19)24(35)30-18-6-4-14-8-15(3-5-17(14)18)22-31-25(36)33-32-22/h1-3,5,7-9,11-12,18H,4,6,10H2,(H,26,34)(H,30,35)(H2,31,32,33,36)/t18-/m1/s1. The second-order valence-electron chi connectivity index (χ2n) is 8.67. The van der Waals surface area contributed by atoms with Gasteiger partial charge in [0.05, 0.1) is 12.2 Å². The van der Waals surface area contributed by atoms with Gasteiger partial charge < -0.3 is 15.2 Å². The van der Waals surface area contributed by atoms with Crippen LogP contribution in [-0.2, 0) is 13.0 Å². The van der Waals surface area contributed by atoms with Gasteiger partial charge in [-0.15, -0.1) is 0 Å². The average molecular weight is 496 g/mol. The smallest absolute Gasteiger partial charge is 0.340 e. The van der Waals surface area contributed by atoms with Gasteiger partial charge >= 0.3 is 5.69 Å². The molecule has 0 spiro atoms. The summed E-state index contributed by atoms with van der Waals surface area (Å²) in [6.45, 7) is 0.258. The Morgan fingerprint density at radius 3 is 2.76 bits per heavy atom. The van der Waals surface area contributed by atoms with E-state index in [1.165, 1.54) is 12.4 Å². The maximum Gasteiger partial charge on any atom is 0.340 e. The molecular formula is C25H20N8O4. The van der Waals surface area contributed by atoms with Crippen molar-refractivity contribution >= 4 is 22.8 Å². The Morgan fingerprint density at radius 2 is 1.92 bits per heavy atom. The number of carbonyl (C=O) groups excluding carboxylic acids is 2. The lowest BCUT2D eigenvalue weighted by Gasteiger charge is -2.14. The number of rotatable bonds is 6. The van der Waals surface area contributed by atoms with E-state index in [2.05, 4.69) is 40.9 Å². The van der Waals surface area contributed by atoms with Gasteiger partial charge in [-0.1, -0.05) is 23.4 Å². The predicted molar refractivity (Wildman–Crippen MR) is 130 cm³/mol. The molecule has 5 aromatic rings. The minimum atomic E-state index is -0.427. The van der Waals surface area contributed by atoms with E-state index >= 15 is 0 Å². The number of nitrogens with zero attached hydrogens (tertiary/aromatic N) is 4. The molecule has 1 aliphatic rings. The van der Waals surface area contributed by atoms with Gasteiger partial charge in [0.2, 0.25) is 0 Å². The Bertz CT molecular complexity index is 1700. The van der Waals surface area contributed by atoms with Gasteiger partial charge in [-0.05, 0) is 47.7 Å². The summed E-state index contributed by atoms with van der Waals surface area (Å²) in [5.74, 6) is -0.361. The van der Waals surface area contributed by atoms with Crippen molar-refractivity contribution in [1.82, 2.24) is 40.9 Å². The summed E-state index contributed by atoms with van der Waals surface area (Å²) in [7, 11) is 0. The van der Waals surface area contributed by atoms with E-state index in [1.54, 1.807) is 12.3 Å². The first-order chi connectivity index (χ1) is 18.0. The minimum Gasteiger partial charge on any atom is -0.356 e. The van der Waals surface area contributed by atoms with Crippen molar-refractivity contribution in [3.8, 4) is 11.4 Å². The van der Waals surface area contributed by atoms with Gasteiger partial charge in [0.15, 0.2) is 11.4 Å². The summed E-state index contributed by atoms with van der Waals surface area (Å²) in [5.41, 5.74) is 4.14. The zero-order chi connectivity index (χ0) is 25.4. The summed E-state index contributed by atoms with van der Waals surface area (Å²) in [5, 5.41) is 16.7. The third-order valence-electron chi connectivity index (χ3n) is 6.31. The number of aromatic nitrogens is 6. The Labute approximate surface area is 208 Å². The molecule has 0 saturated carbocycles. The molecule has 0 unspecified atom stereocenters. The highest BCUT2D eigenvalue weighted by atomic mass is 16.5. The van der Waals surface area contributed by atoms with Crippen LogP contribution in [0.1, 0.15) is 50.1 Å². The van der Waals surface area contributed by atoms with Crippen LogP contribution in [0, 0.1) is 0 Å². The van der Waals surface area contributed by atoms with Gasteiger partial charge in [0, 0.05) is 23.6 Å². The zero-order valence-electron chi connectivity index (χ0n) is 19.3. The maximum atomic E-state index is 13.0. The highest BCUT2D eigenvalue weighted by Gasteiger charge is 2.26. The first-order valence-corrected chi connectivity index (χ1v) is 11.6. The van der Waals surface area contributed by atoms with Gasteiger partial charge in [0.25, 0.3) is 11.8 Å². The third-order valence-corrected chi connectivity index (χ3v) is 6.31. The third kappa shape index (κ3) is 4.47. The van der Waals surface area contributed by atoms with E-state index in [-0.39, 0.29) is 29.7 Å². The monoisotopic (exact) mass is 496 g/mol. The number of hydrogen-bond acceptors (Lipinski definition) is 8. The van der Waals surface area contributed by atoms with Crippen LogP contribution in [0.4, 0.5) is 0 Å². The summed E-state index contributed by atoms with van der Waals surface area (Å²) in [6.07, 6.45) is 4.30. The number of aryl methyl sites for hydroxylation is 1. The number of hydrogen-bond donors (Lipinski definition) is 4. The lowest BCUT2D eigenvalue weighted by atomic mass is 10.0. The Kier molecular flexibility index (Phi) is 5.52. The van der Waals surface area contributed by atoms with Gasteiger partial charge in [0.1, 0.15) is 17.7 Å². The SMILES string of the molecule is O=C(NCc1ccc2cnoc2c1)c1cc(C(=O)N[C@@H]2CCc3cc(-c4n[nH]c(=O)[nH]4)ccc32)ncn1. The number of amides is 2. The molecule has 2 amide bonds. The number of H-pyrrole nitrogens is 2. The average Bonchev–Trinajstić information content (AvgIpc) is 3.67. The van der Waals surface area contributed by atoms with Crippen LogP contribution < -0.4 is 16.3 Å². The van der Waals surface area contributed by atoms with E-state index < -0.39 is 11.8 Å². The topological polar surface area (TPSA) is 172 Å². The quantitative estimate of drug-likeness (QED) is 0.276. The Morgan fingerprint density at radius 1 is 1.05 bits per heavy atom. The van der Waals surface area contributed by atoms with Crippen LogP contribution in [0.5, 0.6) is 0 Å².